The highest BCUT2D eigenvalue weighted by Gasteiger charge is 2.52. The average molecular weight is 446 g/mol. The molecule has 0 aromatic heterocycles. The maximum absolute atomic E-state index is 13.6. The van der Waals surface area contributed by atoms with Crippen LogP contribution >= 0.6 is 0 Å². The second-order valence-corrected chi connectivity index (χ2v) is 11.2. The summed E-state index contributed by atoms with van der Waals surface area (Å²) in [4.78, 5) is 0. The molecule has 3 nitrogen and oxygen atoms in total. The first-order valence-electron chi connectivity index (χ1n) is 12.2. The van der Waals surface area contributed by atoms with Crippen LogP contribution < -0.4 is 4.72 Å². The Balaban J connectivity index is 2.26. The van der Waals surface area contributed by atoms with Crippen molar-refractivity contribution in [2.24, 2.45) is 5.41 Å². The van der Waals surface area contributed by atoms with Crippen LogP contribution in [0.3, 0.4) is 0 Å². The molecule has 174 valence electrons. The monoisotopic (exact) mass is 445 g/mol. The van der Waals surface area contributed by atoms with Crippen molar-refractivity contribution in [3.8, 4) is 0 Å². The van der Waals surface area contributed by atoms with Crippen molar-refractivity contribution in [2.45, 2.75) is 97.7 Å². The molecule has 1 N–H and O–H groups in total. The minimum Gasteiger partial charge on any atom is -0.214 e. The van der Waals surface area contributed by atoms with Gasteiger partial charge in [0.2, 0.25) is 10.0 Å². The van der Waals surface area contributed by atoms with E-state index in [2.05, 4.69) is 68.8 Å². The molecule has 4 heteroatoms. The van der Waals surface area contributed by atoms with Crippen LogP contribution in [0.1, 0.15) is 91.2 Å². The van der Waals surface area contributed by atoms with Crippen LogP contribution in [0, 0.1) is 5.41 Å². The fourth-order valence-electron chi connectivity index (χ4n) is 5.40. The molecule has 31 heavy (non-hydrogen) atoms. The third kappa shape index (κ3) is 5.01. The van der Waals surface area contributed by atoms with E-state index in [9.17, 15) is 8.42 Å². The average Bonchev–Trinajstić information content (AvgIpc) is 2.78. The number of rotatable bonds is 13. The zero-order valence-electron chi connectivity index (χ0n) is 20.6. The molecule has 0 aliphatic heterocycles. The zero-order valence-corrected chi connectivity index (χ0v) is 21.4. The molecule has 0 radical (unpaired) electrons. The van der Waals surface area contributed by atoms with Crippen molar-refractivity contribution >= 4 is 20.8 Å². The summed E-state index contributed by atoms with van der Waals surface area (Å²) in [5.41, 5.74) is 2.36. The molecular weight excluding hydrogens is 402 g/mol. The van der Waals surface area contributed by atoms with Crippen molar-refractivity contribution in [3.63, 3.8) is 0 Å². The molecule has 2 aromatic carbocycles. The van der Waals surface area contributed by atoms with E-state index in [-0.39, 0.29) is 5.41 Å². The molecule has 0 fully saturated rings. The van der Waals surface area contributed by atoms with Gasteiger partial charge in [-0.2, -0.15) is 0 Å². The van der Waals surface area contributed by atoms with Gasteiger partial charge in [0, 0.05) is 6.54 Å². The molecule has 0 aliphatic carbocycles. The minimum absolute atomic E-state index is 0.240. The van der Waals surface area contributed by atoms with Crippen molar-refractivity contribution in [3.05, 3.63) is 47.5 Å². The Morgan fingerprint density at radius 1 is 0.774 bits per heavy atom. The maximum Gasteiger partial charge on any atom is 0.217 e. The summed E-state index contributed by atoms with van der Waals surface area (Å²) < 4.78 is 29.5. The van der Waals surface area contributed by atoms with Gasteiger partial charge in [-0.25, -0.2) is 13.1 Å². The van der Waals surface area contributed by atoms with Crippen molar-refractivity contribution in [2.75, 3.05) is 6.54 Å². The molecule has 0 saturated heterocycles. The number of benzene rings is 2. The van der Waals surface area contributed by atoms with E-state index in [0.29, 0.717) is 25.8 Å². The second-order valence-electron chi connectivity index (χ2n) is 9.15. The van der Waals surface area contributed by atoms with E-state index in [0.717, 1.165) is 19.3 Å². The highest BCUT2D eigenvalue weighted by molar-refractivity contribution is 7.91. The summed E-state index contributed by atoms with van der Waals surface area (Å²) in [5.74, 6) is 0. The number of unbranched alkanes of at least 4 members (excludes halogenated alkanes) is 1. The number of hydrogen-bond donors (Lipinski definition) is 1. The number of nitrogens with one attached hydrogen (secondary N) is 1. The summed E-state index contributed by atoms with van der Waals surface area (Å²) in [6.07, 6.45) is 7.14. The van der Waals surface area contributed by atoms with Crippen LogP contribution in [-0.2, 0) is 22.9 Å². The third-order valence-corrected chi connectivity index (χ3v) is 10.6. The Kier molecular flexibility index (Phi) is 9.14. The second kappa shape index (κ2) is 11.0. The third-order valence-electron chi connectivity index (χ3n) is 7.91. The van der Waals surface area contributed by atoms with Crippen LogP contribution in [0.4, 0.5) is 0 Å². The molecule has 0 atom stereocenters. The van der Waals surface area contributed by atoms with Crippen LogP contribution in [0.2, 0.25) is 0 Å². The van der Waals surface area contributed by atoms with Crippen molar-refractivity contribution in [1.82, 2.24) is 4.72 Å². The first kappa shape index (κ1) is 25.9. The number of hydrogen-bond acceptors (Lipinski definition) is 2. The summed E-state index contributed by atoms with van der Waals surface area (Å²) in [7, 11) is -3.46. The minimum atomic E-state index is -3.46. The molecule has 0 aliphatic rings. The normalized spacial score (nSPS) is 13.1. The van der Waals surface area contributed by atoms with Gasteiger partial charge in [0.05, 0.1) is 4.75 Å². The first-order valence-corrected chi connectivity index (χ1v) is 13.7. The summed E-state index contributed by atoms with van der Waals surface area (Å²) in [5, 5.41) is 2.55. The quantitative estimate of drug-likeness (QED) is 0.360. The molecule has 0 heterocycles. The summed E-state index contributed by atoms with van der Waals surface area (Å²) in [6, 6.07) is 13.0. The first-order chi connectivity index (χ1) is 14.8. The number of sulfonamides is 1. The Hall–Kier alpha value is -1.39. The van der Waals surface area contributed by atoms with Crippen LogP contribution in [0.25, 0.3) is 10.8 Å². The van der Waals surface area contributed by atoms with E-state index in [4.69, 9.17) is 0 Å². The van der Waals surface area contributed by atoms with Gasteiger partial charge in [0.25, 0.3) is 0 Å². The highest BCUT2D eigenvalue weighted by atomic mass is 32.2. The van der Waals surface area contributed by atoms with Gasteiger partial charge in [0.1, 0.15) is 0 Å². The fourth-order valence-corrected chi connectivity index (χ4v) is 7.75. The molecule has 2 rings (SSSR count). The highest BCUT2D eigenvalue weighted by Crippen LogP contribution is 2.47. The molecule has 0 saturated carbocycles. The Labute approximate surface area is 191 Å². The Morgan fingerprint density at radius 2 is 1.29 bits per heavy atom. The predicted molar refractivity (Wildman–Crippen MR) is 135 cm³/mol. The lowest BCUT2D eigenvalue weighted by molar-refractivity contribution is 0.178. The SMILES string of the molecule is CCCCc1cccc2c(CCNS(=O)(=O)C(CC)(CC)C(C)(CC)CC)cccc12. The molecule has 0 spiro atoms. The molecule has 0 unspecified atom stereocenters. The van der Waals surface area contributed by atoms with E-state index < -0.39 is 14.8 Å². The lowest BCUT2D eigenvalue weighted by atomic mass is 9.69. The molecular formula is C27H43NO2S. The van der Waals surface area contributed by atoms with E-state index in [1.807, 2.05) is 13.8 Å². The lowest BCUT2D eigenvalue weighted by Gasteiger charge is -2.46. The fraction of sp³-hybridized carbons (Fsp3) is 0.630. The van der Waals surface area contributed by atoms with Crippen LogP contribution in [0.15, 0.2) is 36.4 Å². The predicted octanol–water partition coefficient (Wildman–Crippen LogP) is 7.03. The molecule has 0 bridgehead atoms. The van der Waals surface area contributed by atoms with Gasteiger partial charge >= 0.3 is 0 Å². The Bertz CT molecular complexity index is 941. The van der Waals surface area contributed by atoms with Crippen LogP contribution in [-0.4, -0.2) is 19.7 Å². The molecule has 0 amide bonds. The number of aryl methyl sites for hydroxylation is 1. The van der Waals surface area contributed by atoms with Gasteiger partial charge in [-0.05, 0) is 72.3 Å². The van der Waals surface area contributed by atoms with Crippen molar-refractivity contribution in [1.29, 1.82) is 0 Å². The standard InChI is InChI=1S/C27H43NO2S/c1-7-12-15-22-16-13-19-25-23(17-14-18-24(22)25)20-21-28-31(29,30)27(10-4,11-5)26(6,8-2)9-3/h13-14,16-19,28H,7-12,15,20-21H2,1-6H3. The number of fused-ring (bicyclic) bond motifs is 1. The van der Waals surface area contributed by atoms with Crippen molar-refractivity contribution < 1.29 is 8.42 Å². The zero-order chi connectivity index (χ0) is 23.1. The maximum atomic E-state index is 13.6. The smallest absolute Gasteiger partial charge is 0.214 e. The largest absolute Gasteiger partial charge is 0.217 e. The van der Waals surface area contributed by atoms with Gasteiger partial charge in [-0.3, -0.25) is 0 Å². The topological polar surface area (TPSA) is 46.2 Å². The lowest BCUT2D eigenvalue weighted by Crippen LogP contribution is -2.56. The van der Waals surface area contributed by atoms with E-state index >= 15 is 0 Å². The van der Waals surface area contributed by atoms with Gasteiger partial charge in [-0.1, -0.05) is 84.4 Å². The Morgan fingerprint density at radius 3 is 1.74 bits per heavy atom. The molecule has 2 aromatic rings. The van der Waals surface area contributed by atoms with Gasteiger partial charge in [-0.15, -0.1) is 0 Å². The van der Waals surface area contributed by atoms with E-state index in [1.54, 1.807) is 0 Å². The van der Waals surface area contributed by atoms with Gasteiger partial charge < -0.3 is 0 Å². The summed E-state index contributed by atoms with van der Waals surface area (Å²) >= 11 is 0. The summed E-state index contributed by atoms with van der Waals surface area (Å²) in [6.45, 7) is 13.1. The van der Waals surface area contributed by atoms with Gasteiger partial charge in [0.15, 0.2) is 0 Å². The van der Waals surface area contributed by atoms with Crippen LogP contribution in [0.5, 0.6) is 0 Å². The van der Waals surface area contributed by atoms with E-state index in [1.165, 1.54) is 34.7 Å².